The first-order chi connectivity index (χ1) is 8.60. The lowest BCUT2D eigenvalue weighted by atomic mass is 10.2. The van der Waals surface area contributed by atoms with E-state index in [0.29, 0.717) is 22.6 Å². The van der Waals surface area contributed by atoms with Crippen molar-refractivity contribution in [2.24, 2.45) is 5.73 Å². The van der Waals surface area contributed by atoms with Gasteiger partial charge in [0.25, 0.3) is 0 Å². The van der Waals surface area contributed by atoms with Gasteiger partial charge in [-0.15, -0.1) is 0 Å². The molecule has 1 aromatic heterocycles. The molecule has 0 aliphatic carbocycles. The Bertz CT molecular complexity index is 575. The van der Waals surface area contributed by atoms with E-state index in [0.717, 1.165) is 11.1 Å². The fourth-order valence-electron chi connectivity index (χ4n) is 1.49. The summed E-state index contributed by atoms with van der Waals surface area (Å²) in [5.74, 6) is 0.690. The first-order valence-corrected chi connectivity index (χ1v) is 6.18. The number of ether oxygens (including phenoxy) is 1. The zero-order valence-electron chi connectivity index (χ0n) is 9.78. The van der Waals surface area contributed by atoms with Crippen molar-refractivity contribution >= 4 is 15.9 Å². The molecule has 2 rings (SSSR count). The summed E-state index contributed by atoms with van der Waals surface area (Å²) in [6.45, 7) is 2.33. The third-order valence-corrected chi connectivity index (χ3v) is 3.04. The van der Waals surface area contributed by atoms with E-state index in [1.54, 1.807) is 18.3 Å². The molecule has 1 heterocycles. The predicted octanol–water partition coefficient (Wildman–Crippen LogP) is 3.54. The topological polar surface area (TPSA) is 48.1 Å². The molecule has 0 saturated heterocycles. The first-order valence-electron chi connectivity index (χ1n) is 5.38. The molecule has 5 heteroatoms. The number of aryl methyl sites for hydroxylation is 1. The number of aromatic nitrogens is 1. The van der Waals surface area contributed by atoms with Crippen LogP contribution in [0, 0.1) is 12.7 Å². The standard InChI is InChI=1S/C13H12BrFN2O/c1-8-4-9(6-16)7-17-13(8)18-10-2-3-12(15)11(14)5-10/h2-5,7H,6,16H2,1H3. The fourth-order valence-corrected chi connectivity index (χ4v) is 1.85. The lowest BCUT2D eigenvalue weighted by molar-refractivity contribution is 0.456. The van der Waals surface area contributed by atoms with Gasteiger partial charge in [0.1, 0.15) is 11.6 Å². The molecular formula is C13H12BrFN2O. The largest absolute Gasteiger partial charge is 0.439 e. The molecule has 0 radical (unpaired) electrons. The summed E-state index contributed by atoms with van der Waals surface area (Å²) in [6, 6.07) is 6.37. The van der Waals surface area contributed by atoms with Gasteiger partial charge in [-0.25, -0.2) is 9.37 Å². The summed E-state index contributed by atoms with van der Waals surface area (Å²) in [4.78, 5) is 4.19. The molecule has 94 valence electrons. The third-order valence-electron chi connectivity index (χ3n) is 2.43. The van der Waals surface area contributed by atoms with Gasteiger partial charge in [-0.05, 0) is 52.7 Å². The Hall–Kier alpha value is -1.46. The second-order valence-corrected chi connectivity index (χ2v) is 4.70. The van der Waals surface area contributed by atoms with Crippen LogP contribution in [0.3, 0.4) is 0 Å². The fraction of sp³-hybridized carbons (Fsp3) is 0.154. The van der Waals surface area contributed by atoms with Gasteiger partial charge in [0.05, 0.1) is 4.47 Å². The molecular weight excluding hydrogens is 299 g/mol. The monoisotopic (exact) mass is 310 g/mol. The van der Waals surface area contributed by atoms with Crippen LogP contribution in [0.5, 0.6) is 11.6 Å². The summed E-state index contributed by atoms with van der Waals surface area (Å²) in [5, 5.41) is 0. The number of benzene rings is 1. The minimum absolute atomic E-state index is 0.328. The average Bonchev–Trinajstić information content (AvgIpc) is 2.36. The second kappa shape index (κ2) is 5.46. The maximum atomic E-state index is 13.1. The van der Waals surface area contributed by atoms with E-state index in [1.807, 2.05) is 13.0 Å². The highest BCUT2D eigenvalue weighted by atomic mass is 79.9. The average molecular weight is 311 g/mol. The number of nitrogens with zero attached hydrogens (tertiary/aromatic N) is 1. The molecule has 0 saturated carbocycles. The van der Waals surface area contributed by atoms with Crippen LogP contribution < -0.4 is 10.5 Å². The van der Waals surface area contributed by atoms with Crippen LogP contribution in [-0.4, -0.2) is 4.98 Å². The minimum Gasteiger partial charge on any atom is -0.439 e. The summed E-state index contributed by atoms with van der Waals surface area (Å²) >= 11 is 3.11. The van der Waals surface area contributed by atoms with E-state index >= 15 is 0 Å². The number of hydrogen-bond donors (Lipinski definition) is 1. The molecule has 0 spiro atoms. The van der Waals surface area contributed by atoms with Crippen molar-refractivity contribution in [2.45, 2.75) is 13.5 Å². The Labute approximate surface area is 113 Å². The molecule has 0 amide bonds. The number of pyridine rings is 1. The van der Waals surface area contributed by atoms with Crippen LogP contribution in [0.2, 0.25) is 0 Å². The molecule has 0 aliphatic rings. The van der Waals surface area contributed by atoms with Crippen molar-refractivity contribution in [1.29, 1.82) is 0 Å². The Balaban J connectivity index is 2.25. The predicted molar refractivity (Wildman–Crippen MR) is 71.0 cm³/mol. The summed E-state index contributed by atoms with van der Waals surface area (Å²) in [7, 11) is 0. The maximum Gasteiger partial charge on any atom is 0.222 e. The number of hydrogen-bond acceptors (Lipinski definition) is 3. The highest BCUT2D eigenvalue weighted by Gasteiger charge is 2.06. The van der Waals surface area contributed by atoms with Gasteiger partial charge in [0.2, 0.25) is 5.88 Å². The van der Waals surface area contributed by atoms with Crippen LogP contribution >= 0.6 is 15.9 Å². The van der Waals surface area contributed by atoms with E-state index in [4.69, 9.17) is 10.5 Å². The van der Waals surface area contributed by atoms with Crippen LogP contribution in [0.4, 0.5) is 4.39 Å². The van der Waals surface area contributed by atoms with Crippen molar-refractivity contribution < 1.29 is 9.13 Å². The highest BCUT2D eigenvalue weighted by Crippen LogP contribution is 2.27. The van der Waals surface area contributed by atoms with Crippen LogP contribution in [0.1, 0.15) is 11.1 Å². The van der Waals surface area contributed by atoms with Crippen molar-refractivity contribution in [1.82, 2.24) is 4.98 Å². The van der Waals surface area contributed by atoms with Crippen molar-refractivity contribution in [3.63, 3.8) is 0 Å². The van der Waals surface area contributed by atoms with Gasteiger partial charge in [-0.1, -0.05) is 0 Å². The Morgan fingerprint density at radius 1 is 1.39 bits per heavy atom. The zero-order valence-corrected chi connectivity index (χ0v) is 11.4. The molecule has 0 aliphatic heterocycles. The Morgan fingerprint density at radius 3 is 2.78 bits per heavy atom. The summed E-state index contributed by atoms with van der Waals surface area (Å²) < 4.78 is 19.0. The molecule has 2 aromatic rings. The normalized spacial score (nSPS) is 10.4. The lowest BCUT2D eigenvalue weighted by Crippen LogP contribution is -1.99. The van der Waals surface area contributed by atoms with Gasteiger partial charge >= 0.3 is 0 Å². The Kier molecular flexibility index (Phi) is 3.93. The SMILES string of the molecule is Cc1cc(CN)cnc1Oc1ccc(F)c(Br)c1. The van der Waals surface area contributed by atoms with Crippen molar-refractivity contribution in [2.75, 3.05) is 0 Å². The molecule has 3 nitrogen and oxygen atoms in total. The van der Waals surface area contributed by atoms with Crippen LogP contribution in [0.15, 0.2) is 34.9 Å². The number of halogens is 2. The van der Waals surface area contributed by atoms with E-state index in [9.17, 15) is 4.39 Å². The summed E-state index contributed by atoms with van der Waals surface area (Å²) in [6.07, 6.45) is 1.67. The maximum absolute atomic E-state index is 13.1. The van der Waals surface area contributed by atoms with Crippen LogP contribution in [0.25, 0.3) is 0 Å². The zero-order chi connectivity index (χ0) is 13.1. The molecule has 0 fully saturated rings. The van der Waals surface area contributed by atoms with Gasteiger partial charge in [-0.3, -0.25) is 0 Å². The van der Waals surface area contributed by atoms with E-state index in [2.05, 4.69) is 20.9 Å². The Morgan fingerprint density at radius 2 is 2.17 bits per heavy atom. The molecule has 0 unspecified atom stereocenters. The van der Waals surface area contributed by atoms with Gasteiger partial charge in [0, 0.05) is 18.3 Å². The molecule has 0 bridgehead atoms. The molecule has 1 aromatic carbocycles. The third kappa shape index (κ3) is 2.86. The minimum atomic E-state index is -0.328. The van der Waals surface area contributed by atoms with Gasteiger partial charge in [0.15, 0.2) is 0 Å². The smallest absolute Gasteiger partial charge is 0.222 e. The van der Waals surface area contributed by atoms with Gasteiger partial charge < -0.3 is 10.5 Å². The van der Waals surface area contributed by atoms with Crippen molar-refractivity contribution in [3.8, 4) is 11.6 Å². The summed E-state index contributed by atoms with van der Waals surface area (Å²) in [5.41, 5.74) is 7.36. The van der Waals surface area contributed by atoms with E-state index in [1.165, 1.54) is 6.07 Å². The van der Waals surface area contributed by atoms with E-state index < -0.39 is 0 Å². The molecule has 0 atom stereocenters. The molecule has 2 N–H and O–H groups in total. The van der Waals surface area contributed by atoms with Crippen LogP contribution in [-0.2, 0) is 6.54 Å². The van der Waals surface area contributed by atoms with E-state index in [-0.39, 0.29) is 5.82 Å². The highest BCUT2D eigenvalue weighted by molar-refractivity contribution is 9.10. The lowest BCUT2D eigenvalue weighted by Gasteiger charge is -2.09. The quantitative estimate of drug-likeness (QED) is 0.943. The number of nitrogens with two attached hydrogens (primary N) is 1. The first kappa shape index (κ1) is 13.0. The molecule has 18 heavy (non-hydrogen) atoms. The van der Waals surface area contributed by atoms with Gasteiger partial charge in [-0.2, -0.15) is 0 Å². The second-order valence-electron chi connectivity index (χ2n) is 3.85. The van der Waals surface area contributed by atoms with Crippen molar-refractivity contribution in [3.05, 3.63) is 51.9 Å². The number of rotatable bonds is 3.